The molecule has 1 aliphatic rings. The summed E-state index contributed by atoms with van der Waals surface area (Å²) >= 11 is 0. The molecule has 5 heteroatoms. The minimum atomic E-state index is 0.121. The van der Waals surface area contributed by atoms with Crippen molar-refractivity contribution in [3.8, 4) is 11.1 Å². The lowest BCUT2D eigenvalue weighted by Crippen LogP contribution is -2.39. The maximum Gasteiger partial charge on any atom is 0.253 e. The number of piperidine rings is 1. The van der Waals surface area contributed by atoms with Gasteiger partial charge in [-0.05, 0) is 42.0 Å². The summed E-state index contributed by atoms with van der Waals surface area (Å²) in [6.07, 6.45) is 4.61. The van der Waals surface area contributed by atoms with Crippen molar-refractivity contribution in [3.63, 3.8) is 0 Å². The lowest BCUT2D eigenvalue weighted by molar-refractivity contribution is 0.0690. The molecule has 0 aliphatic carbocycles. The van der Waals surface area contributed by atoms with E-state index in [0.29, 0.717) is 11.7 Å². The number of aromatic amines is 1. The van der Waals surface area contributed by atoms with Crippen LogP contribution in [-0.2, 0) is 6.42 Å². The number of rotatable bonds is 4. The SMILES string of the molecule is Nc1c[nH]c(CC2CCN(C(=O)c3ccc(-c4ccccc4)cc3)CC2)n1. The summed E-state index contributed by atoms with van der Waals surface area (Å²) in [6, 6.07) is 18.1. The maximum atomic E-state index is 12.8. The van der Waals surface area contributed by atoms with Gasteiger partial charge in [0.1, 0.15) is 11.6 Å². The average Bonchev–Trinajstić information content (AvgIpc) is 3.13. The Balaban J connectivity index is 1.35. The van der Waals surface area contributed by atoms with E-state index in [1.54, 1.807) is 6.20 Å². The number of carbonyl (C=O) groups is 1. The Labute approximate surface area is 159 Å². The second kappa shape index (κ2) is 7.66. The number of amides is 1. The van der Waals surface area contributed by atoms with E-state index in [9.17, 15) is 4.79 Å². The molecule has 1 amide bonds. The molecule has 4 rings (SSSR count). The zero-order valence-electron chi connectivity index (χ0n) is 15.3. The number of likely N-dealkylation sites (tertiary alicyclic amines) is 1. The fourth-order valence-electron chi connectivity index (χ4n) is 3.71. The predicted molar refractivity (Wildman–Crippen MR) is 107 cm³/mol. The monoisotopic (exact) mass is 360 g/mol. The fourth-order valence-corrected chi connectivity index (χ4v) is 3.71. The first kappa shape index (κ1) is 17.3. The normalized spacial score (nSPS) is 15.0. The maximum absolute atomic E-state index is 12.8. The quantitative estimate of drug-likeness (QED) is 0.744. The Bertz CT molecular complexity index is 894. The molecule has 3 aromatic rings. The molecule has 0 bridgehead atoms. The fraction of sp³-hybridized carbons (Fsp3) is 0.273. The number of benzene rings is 2. The molecule has 3 N–H and O–H groups in total. The van der Waals surface area contributed by atoms with Gasteiger partial charge < -0.3 is 15.6 Å². The molecule has 138 valence electrons. The molecule has 2 heterocycles. The van der Waals surface area contributed by atoms with Crippen molar-refractivity contribution in [3.05, 3.63) is 72.2 Å². The van der Waals surface area contributed by atoms with Crippen molar-refractivity contribution in [2.24, 2.45) is 5.92 Å². The first-order valence-electron chi connectivity index (χ1n) is 9.43. The third-order valence-corrected chi connectivity index (χ3v) is 5.27. The topological polar surface area (TPSA) is 75.0 Å². The van der Waals surface area contributed by atoms with Crippen molar-refractivity contribution in [2.75, 3.05) is 18.8 Å². The molecule has 0 saturated carbocycles. The molecular weight excluding hydrogens is 336 g/mol. The molecular formula is C22H24N4O. The number of imidazole rings is 1. The van der Waals surface area contributed by atoms with Gasteiger partial charge >= 0.3 is 0 Å². The number of hydrogen-bond donors (Lipinski definition) is 2. The van der Waals surface area contributed by atoms with E-state index in [-0.39, 0.29) is 5.91 Å². The molecule has 0 unspecified atom stereocenters. The summed E-state index contributed by atoms with van der Waals surface area (Å²) in [7, 11) is 0. The lowest BCUT2D eigenvalue weighted by atomic mass is 9.93. The van der Waals surface area contributed by atoms with E-state index >= 15 is 0 Å². The van der Waals surface area contributed by atoms with E-state index in [4.69, 9.17) is 5.73 Å². The molecule has 2 aromatic carbocycles. The summed E-state index contributed by atoms with van der Waals surface area (Å²) in [5.74, 6) is 2.14. The lowest BCUT2D eigenvalue weighted by Gasteiger charge is -2.31. The standard InChI is InChI=1S/C22H24N4O/c23-20-15-24-21(25-20)14-16-10-12-26(13-11-16)22(27)19-8-6-18(7-9-19)17-4-2-1-3-5-17/h1-9,15-16H,10-14,23H2,(H,24,25). The first-order chi connectivity index (χ1) is 13.2. The van der Waals surface area contributed by atoms with Crippen LogP contribution in [0, 0.1) is 5.92 Å². The zero-order valence-corrected chi connectivity index (χ0v) is 15.3. The number of hydrogen-bond acceptors (Lipinski definition) is 3. The average molecular weight is 360 g/mol. The molecule has 0 spiro atoms. The van der Waals surface area contributed by atoms with Gasteiger partial charge in [-0.15, -0.1) is 0 Å². The molecule has 1 aliphatic heterocycles. The Morgan fingerprint density at radius 1 is 1.04 bits per heavy atom. The number of nitrogens with two attached hydrogens (primary N) is 1. The number of anilines is 1. The summed E-state index contributed by atoms with van der Waals surface area (Å²) in [6.45, 7) is 1.58. The van der Waals surface area contributed by atoms with Crippen molar-refractivity contribution in [2.45, 2.75) is 19.3 Å². The molecule has 1 saturated heterocycles. The van der Waals surface area contributed by atoms with Gasteiger partial charge in [0, 0.05) is 31.3 Å². The highest BCUT2D eigenvalue weighted by atomic mass is 16.2. The van der Waals surface area contributed by atoms with Crippen molar-refractivity contribution >= 4 is 11.7 Å². The van der Waals surface area contributed by atoms with Crippen molar-refractivity contribution < 1.29 is 4.79 Å². The Morgan fingerprint density at radius 2 is 1.70 bits per heavy atom. The van der Waals surface area contributed by atoms with Gasteiger partial charge in [0.15, 0.2) is 0 Å². The van der Waals surface area contributed by atoms with E-state index in [2.05, 4.69) is 22.1 Å². The molecule has 1 aromatic heterocycles. The number of H-pyrrole nitrogens is 1. The van der Waals surface area contributed by atoms with Crippen molar-refractivity contribution in [1.29, 1.82) is 0 Å². The van der Waals surface area contributed by atoms with Crippen LogP contribution in [-0.4, -0.2) is 33.9 Å². The highest BCUT2D eigenvalue weighted by Gasteiger charge is 2.24. The number of nitrogen functional groups attached to an aromatic ring is 1. The van der Waals surface area contributed by atoms with Crippen LogP contribution >= 0.6 is 0 Å². The van der Waals surface area contributed by atoms with Gasteiger partial charge in [-0.25, -0.2) is 4.98 Å². The minimum Gasteiger partial charge on any atom is -0.382 e. The van der Waals surface area contributed by atoms with Crippen LogP contribution in [0.1, 0.15) is 29.0 Å². The second-order valence-corrected chi connectivity index (χ2v) is 7.16. The van der Waals surface area contributed by atoms with Gasteiger partial charge in [-0.1, -0.05) is 42.5 Å². The summed E-state index contributed by atoms with van der Waals surface area (Å²) in [5, 5.41) is 0. The van der Waals surface area contributed by atoms with E-state index < -0.39 is 0 Å². The second-order valence-electron chi connectivity index (χ2n) is 7.16. The van der Waals surface area contributed by atoms with Gasteiger partial charge in [0.25, 0.3) is 5.91 Å². The predicted octanol–water partition coefficient (Wildman–Crippen LogP) is 3.75. The van der Waals surface area contributed by atoms with Crippen LogP contribution in [0.15, 0.2) is 60.8 Å². The van der Waals surface area contributed by atoms with Gasteiger partial charge in [-0.3, -0.25) is 4.79 Å². The number of nitrogens with one attached hydrogen (secondary N) is 1. The summed E-state index contributed by atoms with van der Waals surface area (Å²) < 4.78 is 0. The Kier molecular flexibility index (Phi) is 4.92. The van der Waals surface area contributed by atoms with Gasteiger partial charge in [0.2, 0.25) is 0 Å². The molecule has 1 fully saturated rings. The van der Waals surface area contributed by atoms with Crippen LogP contribution in [0.3, 0.4) is 0 Å². The van der Waals surface area contributed by atoms with Crippen LogP contribution in [0.4, 0.5) is 5.82 Å². The van der Waals surface area contributed by atoms with E-state index in [1.165, 1.54) is 0 Å². The van der Waals surface area contributed by atoms with Gasteiger partial charge in [-0.2, -0.15) is 0 Å². The van der Waals surface area contributed by atoms with Crippen LogP contribution in [0.5, 0.6) is 0 Å². The Hall–Kier alpha value is -3.08. The largest absolute Gasteiger partial charge is 0.382 e. The molecule has 27 heavy (non-hydrogen) atoms. The summed E-state index contributed by atoms with van der Waals surface area (Å²) in [5.41, 5.74) is 8.71. The van der Waals surface area contributed by atoms with E-state index in [1.807, 2.05) is 47.4 Å². The summed E-state index contributed by atoms with van der Waals surface area (Å²) in [4.78, 5) is 22.2. The number of aromatic nitrogens is 2. The number of carbonyl (C=O) groups excluding carboxylic acids is 1. The zero-order chi connectivity index (χ0) is 18.6. The van der Waals surface area contributed by atoms with E-state index in [0.717, 1.165) is 54.9 Å². The van der Waals surface area contributed by atoms with Crippen LogP contribution in [0.25, 0.3) is 11.1 Å². The molecule has 5 nitrogen and oxygen atoms in total. The van der Waals surface area contributed by atoms with Crippen LogP contribution < -0.4 is 5.73 Å². The third-order valence-electron chi connectivity index (χ3n) is 5.27. The smallest absolute Gasteiger partial charge is 0.253 e. The third kappa shape index (κ3) is 4.03. The molecule has 0 radical (unpaired) electrons. The van der Waals surface area contributed by atoms with Crippen molar-refractivity contribution in [1.82, 2.24) is 14.9 Å². The highest BCUT2D eigenvalue weighted by molar-refractivity contribution is 5.94. The van der Waals surface area contributed by atoms with Crippen LogP contribution in [0.2, 0.25) is 0 Å². The Morgan fingerprint density at radius 3 is 2.33 bits per heavy atom. The van der Waals surface area contributed by atoms with Gasteiger partial charge in [0.05, 0.1) is 0 Å². The highest BCUT2D eigenvalue weighted by Crippen LogP contribution is 2.24. The first-order valence-corrected chi connectivity index (χ1v) is 9.43. The molecule has 0 atom stereocenters. The number of nitrogens with zero attached hydrogens (tertiary/aromatic N) is 2. The minimum absolute atomic E-state index is 0.121.